The van der Waals surface area contributed by atoms with Gasteiger partial charge in [0.05, 0.1) is 11.3 Å². The van der Waals surface area contributed by atoms with Crippen molar-refractivity contribution in [1.82, 2.24) is 5.32 Å². The van der Waals surface area contributed by atoms with Crippen molar-refractivity contribution in [3.8, 4) is 0 Å². The number of nitrogens with one attached hydrogen (secondary N) is 1. The first-order valence-corrected chi connectivity index (χ1v) is 7.21. The molecule has 1 atom stereocenters. The molecule has 22 heavy (non-hydrogen) atoms. The van der Waals surface area contributed by atoms with E-state index in [1.54, 1.807) is 17.5 Å². The molecule has 2 aromatic rings. The number of carboxylic acids is 1. The maximum absolute atomic E-state index is 12.8. The van der Waals surface area contributed by atoms with Crippen LogP contribution in [0.1, 0.15) is 26.5 Å². The fourth-order valence-electron chi connectivity index (χ4n) is 1.82. The molecular formula is C15H12FNO4S. The summed E-state index contributed by atoms with van der Waals surface area (Å²) in [6.07, 6.45) is -0.524. The van der Waals surface area contributed by atoms with Crippen molar-refractivity contribution in [2.45, 2.75) is 12.5 Å². The first kappa shape index (κ1) is 15.8. The van der Waals surface area contributed by atoms with Crippen molar-refractivity contribution >= 4 is 29.0 Å². The Balaban J connectivity index is 2.15. The van der Waals surface area contributed by atoms with Crippen molar-refractivity contribution in [2.75, 3.05) is 0 Å². The van der Waals surface area contributed by atoms with E-state index in [-0.39, 0.29) is 5.56 Å². The highest BCUT2D eigenvalue weighted by Gasteiger charge is 2.25. The van der Waals surface area contributed by atoms with Gasteiger partial charge in [0.15, 0.2) is 5.78 Å². The van der Waals surface area contributed by atoms with Crippen LogP contribution < -0.4 is 5.32 Å². The summed E-state index contributed by atoms with van der Waals surface area (Å²) in [7, 11) is 0. The lowest BCUT2D eigenvalue weighted by Gasteiger charge is -2.15. The van der Waals surface area contributed by atoms with Crippen molar-refractivity contribution < 1.29 is 23.9 Å². The summed E-state index contributed by atoms with van der Waals surface area (Å²) in [6.45, 7) is 0. The third-order valence-electron chi connectivity index (χ3n) is 2.87. The molecule has 0 saturated carbocycles. The number of hydrogen-bond acceptors (Lipinski definition) is 4. The lowest BCUT2D eigenvalue weighted by atomic mass is 10.1. The normalized spacial score (nSPS) is 11.7. The molecule has 7 heteroatoms. The molecule has 0 radical (unpaired) electrons. The smallest absolute Gasteiger partial charge is 0.305 e. The lowest BCUT2D eigenvalue weighted by Crippen LogP contribution is -2.42. The fourth-order valence-corrected chi connectivity index (χ4v) is 2.54. The summed E-state index contributed by atoms with van der Waals surface area (Å²) in [6, 6.07) is 6.80. The van der Waals surface area contributed by atoms with Crippen LogP contribution in [0.2, 0.25) is 0 Å². The molecule has 114 valence electrons. The Morgan fingerprint density at radius 1 is 1.18 bits per heavy atom. The summed E-state index contributed by atoms with van der Waals surface area (Å²) >= 11 is 1.17. The number of carbonyl (C=O) groups excluding carboxylic acids is 2. The van der Waals surface area contributed by atoms with Crippen LogP contribution in [0, 0.1) is 5.82 Å². The molecule has 1 heterocycles. The molecule has 1 unspecified atom stereocenters. The third kappa shape index (κ3) is 3.98. The van der Waals surface area contributed by atoms with Gasteiger partial charge in [-0.1, -0.05) is 6.07 Å². The minimum atomic E-state index is -1.20. The van der Waals surface area contributed by atoms with E-state index >= 15 is 0 Å². The number of halogens is 1. The van der Waals surface area contributed by atoms with E-state index in [9.17, 15) is 18.8 Å². The van der Waals surface area contributed by atoms with Crippen molar-refractivity contribution in [2.24, 2.45) is 0 Å². The second kappa shape index (κ2) is 6.95. The zero-order chi connectivity index (χ0) is 16.1. The van der Waals surface area contributed by atoms with E-state index in [4.69, 9.17) is 5.11 Å². The molecule has 0 saturated heterocycles. The van der Waals surface area contributed by atoms with Gasteiger partial charge in [-0.05, 0) is 35.7 Å². The van der Waals surface area contributed by atoms with Crippen LogP contribution in [0.4, 0.5) is 4.39 Å². The Morgan fingerprint density at radius 2 is 1.86 bits per heavy atom. The van der Waals surface area contributed by atoms with E-state index in [0.717, 1.165) is 12.1 Å². The Labute approximate surface area is 129 Å². The van der Waals surface area contributed by atoms with Crippen molar-refractivity contribution in [3.05, 3.63) is 58.0 Å². The summed E-state index contributed by atoms with van der Waals surface area (Å²) in [4.78, 5) is 35.5. The minimum Gasteiger partial charge on any atom is -0.481 e. The zero-order valence-corrected chi connectivity index (χ0v) is 12.1. The number of rotatable bonds is 6. The molecule has 0 aliphatic carbocycles. The molecule has 0 aliphatic rings. The van der Waals surface area contributed by atoms with Crippen molar-refractivity contribution in [3.63, 3.8) is 0 Å². The van der Waals surface area contributed by atoms with E-state index in [0.29, 0.717) is 4.88 Å². The van der Waals surface area contributed by atoms with Crippen LogP contribution >= 0.6 is 11.3 Å². The number of aliphatic carboxylic acids is 1. The maximum Gasteiger partial charge on any atom is 0.305 e. The number of amides is 1. The molecule has 0 fully saturated rings. The predicted molar refractivity (Wildman–Crippen MR) is 78.6 cm³/mol. The van der Waals surface area contributed by atoms with Crippen molar-refractivity contribution in [1.29, 1.82) is 0 Å². The largest absolute Gasteiger partial charge is 0.481 e. The average molecular weight is 321 g/mol. The quantitative estimate of drug-likeness (QED) is 0.800. The maximum atomic E-state index is 12.8. The number of hydrogen-bond donors (Lipinski definition) is 2. The van der Waals surface area contributed by atoms with Crippen LogP contribution in [0.5, 0.6) is 0 Å². The van der Waals surface area contributed by atoms with E-state index < -0.39 is 35.9 Å². The molecule has 5 nitrogen and oxygen atoms in total. The summed E-state index contributed by atoms with van der Waals surface area (Å²) in [5, 5.41) is 13.0. The van der Waals surface area contributed by atoms with Gasteiger partial charge in [-0.15, -0.1) is 11.3 Å². The standard InChI is InChI=1S/C15H12FNO4S/c16-10-5-3-9(4-6-10)15(21)17-11(8-13(18)19)14(20)12-2-1-7-22-12/h1-7,11H,8H2,(H,17,21)(H,18,19). The highest BCUT2D eigenvalue weighted by Crippen LogP contribution is 2.14. The number of carbonyl (C=O) groups is 3. The average Bonchev–Trinajstić information content (AvgIpc) is 3.00. The monoisotopic (exact) mass is 321 g/mol. The highest BCUT2D eigenvalue weighted by atomic mass is 32.1. The van der Waals surface area contributed by atoms with Gasteiger partial charge >= 0.3 is 5.97 Å². The second-order valence-electron chi connectivity index (χ2n) is 4.47. The van der Waals surface area contributed by atoms with Gasteiger partial charge < -0.3 is 10.4 Å². The first-order valence-electron chi connectivity index (χ1n) is 6.33. The number of benzene rings is 1. The molecule has 1 aromatic heterocycles. The van der Waals surface area contributed by atoms with Gasteiger partial charge in [0, 0.05) is 5.56 Å². The van der Waals surface area contributed by atoms with Gasteiger partial charge in [0.2, 0.25) is 0 Å². The Hall–Kier alpha value is -2.54. The van der Waals surface area contributed by atoms with Crippen LogP contribution in [0.3, 0.4) is 0 Å². The summed E-state index contributed by atoms with van der Waals surface area (Å²) in [5.74, 6) is -2.79. The van der Waals surface area contributed by atoms with Crippen LogP contribution in [-0.4, -0.2) is 28.8 Å². The number of carboxylic acid groups (broad SMARTS) is 1. The number of ketones is 1. The third-order valence-corrected chi connectivity index (χ3v) is 3.76. The van der Waals surface area contributed by atoms with Gasteiger partial charge in [0.25, 0.3) is 5.91 Å². The van der Waals surface area contributed by atoms with Gasteiger partial charge in [-0.2, -0.15) is 0 Å². The van der Waals surface area contributed by atoms with Crippen LogP contribution in [0.15, 0.2) is 41.8 Å². The summed E-state index contributed by atoms with van der Waals surface area (Å²) < 4.78 is 12.8. The Bertz CT molecular complexity index is 682. The number of Topliss-reactive ketones (excluding diaryl/α,β-unsaturated/α-hetero) is 1. The zero-order valence-electron chi connectivity index (χ0n) is 11.3. The molecule has 0 bridgehead atoms. The number of thiophene rings is 1. The molecule has 2 N–H and O–H groups in total. The SMILES string of the molecule is O=C(O)CC(NC(=O)c1ccc(F)cc1)C(=O)c1cccs1. The van der Waals surface area contributed by atoms with Gasteiger partial charge in [0.1, 0.15) is 11.9 Å². The first-order chi connectivity index (χ1) is 10.5. The molecule has 1 aromatic carbocycles. The van der Waals surface area contributed by atoms with E-state index in [1.807, 2.05) is 0 Å². The molecule has 2 rings (SSSR count). The fraction of sp³-hybridized carbons (Fsp3) is 0.133. The highest BCUT2D eigenvalue weighted by molar-refractivity contribution is 7.12. The van der Waals surface area contributed by atoms with E-state index in [2.05, 4.69) is 5.32 Å². The molecule has 0 spiro atoms. The van der Waals surface area contributed by atoms with Gasteiger partial charge in [-0.25, -0.2) is 4.39 Å². The van der Waals surface area contributed by atoms with Crippen LogP contribution in [0.25, 0.3) is 0 Å². The van der Waals surface area contributed by atoms with Gasteiger partial charge in [-0.3, -0.25) is 14.4 Å². The molecular weight excluding hydrogens is 309 g/mol. The second-order valence-corrected chi connectivity index (χ2v) is 5.42. The Morgan fingerprint density at radius 3 is 2.41 bits per heavy atom. The topological polar surface area (TPSA) is 83.5 Å². The minimum absolute atomic E-state index is 0.149. The predicted octanol–water partition coefficient (Wildman–Crippen LogP) is 2.34. The Kier molecular flexibility index (Phi) is 5.00. The van der Waals surface area contributed by atoms with E-state index in [1.165, 1.54) is 23.5 Å². The lowest BCUT2D eigenvalue weighted by molar-refractivity contribution is -0.137. The molecule has 0 aliphatic heterocycles. The van der Waals surface area contributed by atoms with Crippen LogP contribution in [-0.2, 0) is 4.79 Å². The summed E-state index contributed by atoms with van der Waals surface area (Å²) in [5.41, 5.74) is 0.149. The molecule has 1 amide bonds.